The van der Waals surface area contributed by atoms with E-state index in [1.54, 1.807) is 6.08 Å². The van der Waals surface area contributed by atoms with E-state index in [-0.39, 0.29) is 5.97 Å². The number of esters is 1. The molecule has 0 N–H and O–H groups in total. The van der Waals surface area contributed by atoms with Crippen LogP contribution in [-0.4, -0.2) is 13.1 Å². The van der Waals surface area contributed by atoms with Gasteiger partial charge in [-0.2, -0.15) is 0 Å². The van der Waals surface area contributed by atoms with Crippen LogP contribution in [0.25, 0.3) is 29.4 Å². The third-order valence-corrected chi connectivity index (χ3v) is 4.04. The summed E-state index contributed by atoms with van der Waals surface area (Å²) in [5.74, 6) is -0.353. The zero-order chi connectivity index (χ0) is 18.2. The molecule has 0 spiro atoms. The lowest BCUT2D eigenvalue weighted by molar-refractivity contribution is -0.134. The molecule has 0 saturated carbocycles. The van der Waals surface area contributed by atoms with E-state index < -0.39 is 0 Å². The van der Waals surface area contributed by atoms with Crippen molar-refractivity contribution >= 4 is 24.2 Å². The second kappa shape index (κ2) is 8.63. The average molecular weight is 340 g/mol. The van der Waals surface area contributed by atoms with Crippen molar-refractivity contribution in [3.8, 4) is 11.1 Å². The molecule has 2 heteroatoms. The molecule has 0 bridgehead atoms. The van der Waals surface area contributed by atoms with Gasteiger partial charge in [-0.05, 0) is 33.9 Å². The summed E-state index contributed by atoms with van der Waals surface area (Å²) in [5, 5.41) is 0. The third-order valence-electron chi connectivity index (χ3n) is 4.04. The maximum Gasteiger partial charge on any atom is 0.330 e. The molecule has 3 rings (SSSR count). The number of hydrogen-bond donors (Lipinski definition) is 0. The van der Waals surface area contributed by atoms with Gasteiger partial charge in [-0.15, -0.1) is 0 Å². The Morgan fingerprint density at radius 1 is 0.654 bits per heavy atom. The predicted octanol–water partition coefficient (Wildman–Crippen LogP) is 5.71. The summed E-state index contributed by atoms with van der Waals surface area (Å²) in [6, 6.07) is 26.8. The van der Waals surface area contributed by atoms with Crippen molar-refractivity contribution in [3.05, 3.63) is 102 Å². The fraction of sp³-hybridized carbons (Fsp3) is 0.0417. The molecule has 3 aromatic rings. The van der Waals surface area contributed by atoms with E-state index in [1.807, 2.05) is 42.5 Å². The van der Waals surface area contributed by atoms with Gasteiger partial charge in [-0.1, -0.05) is 91.0 Å². The summed E-state index contributed by atoms with van der Waals surface area (Å²) in [7, 11) is 1.37. The molecule has 3 aromatic carbocycles. The second-order valence-corrected chi connectivity index (χ2v) is 5.84. The Balaban J connectivity index is 1.69. The van der Waals surface area contributed by atoms with Crippen molar-refractivity contribution in [3.63, 3.8) is 0 Å². The van der Waals surface area contributed by atoms with Gasteiger partial charge < -0.3 is 4.74 Å². The van der Waals surface area contributed by atoms with Crippen LogP contribution in [0.15, 0.2) is 84.9 Å². The number of hydrogen-bond acceptors (Lipinski definition) is 2. The van der Waals surface area contributed by atoms with Crippen LogP contribution in [0, 0.1) is 0 Å². The van der Waals surface area contributed by atoms with Gasteiger partial charge in [0, 0.05) is 6.08 Å². The quantitative estimate of drug-likeness (QED) is 0.338. The Hall–Kier alpha value is -3.39. The van der Waals surface area contributed by atoms with Crippen LogP contribution in [0.1, 0.15) is 16.7 Å². The highest BCUT2D eigenvalue weighted by molar-refractivity contribution is 5.87. The van der Waals surface area contributed by atoms with Crippen molar-refractivity contribution in [1.29, 1.82) is 0 Å². The molecular weight excluding hydrogens is 320 g/mol. The largest absolute Gasteiger partial charge is 0.466 e. The number of benzene rings is 3. The summed E-state index contributed by atoms with van der Waals surface area (Å²) in [5.41, 5.74) is 5.60. The van der Waals surface area contributed by atoms with Crippen LogP contribution in [0.4, 0.5) is 0 Å². The smallest absolute Gasteiger partial charge is 0.330 e. The molecule has 0 atom stereocenters. The van der Waals surface area contributed by atoms with Gasteiger partial charge in [0.05, 0.1) is 7.11 Å². The van der Waals surface area contributed by atoms with Crippen LogP contribution in [-0.2, 0) is 9.53 Å². The van der Waals surface area contributed by atoms with Crippen molar-refractivity contribution in [2.24, 2.45) is 0 Å². The van der Waals surface area contributed by atoms with Gasteiger partial charge in [0.1, 0.15) is 0 Å². The van der Waals surface area contributed by atoms with E-state index >= 15 is 0 Å². The molecule has 0 aromatic heterocycles. The second-order valence-electron chi connectivity index (χ2n) is 5.84. The Bertz CT molecular complexity index is 903. The summed E-state index contributed by atoms with van der Waals surface area (Å²) in [4.78, 5) is 11.1. The molecule has 0 saturated heterocycles. The molecule has 0 aliphatic heterocycles. The Kier molecular flexibility index (Phi) is 5.79. The highest BCUT2D eigenvalue weighted by Gasteiger charge is 1.98. The molecule has 0 amide bonds. The maximum absolute atomic E-state index is 11.1. The normalized spacial score (nSPS) is 11.1. The van der Waals surface area contributed by atoms with E-state index in [2.05, 4.69) is 53.3 Å². The van der Waals surface area contributed by atoms with Crippen molar-refractivity contribution in [2.75, 3.05) is 7.11 Å². The van der Waals surface area contributed by atoms with Crippen molar-refractivity contribution in [2.45, 2.75) is 0 Å². The van der Waals surface area contributed by atoms with E-state index in [0.29, 0.717) is 0 Å². The van der Waals surface area contributed by atoms with Gasteiger partial charge in [0.2, 0.25) is 0 Å². The molecule has 26 heavy (non-hydrogen) atoms. The lowest BCUT2D eigenvalue weighted by Crippen LogP contribution is -1.93. The summed E-state index contributed by atoms with van der Waals surface area (Å²) >= 11 is 0. The summed E-state index contributed by atoms with van der Waals surface area (Å²) in [6.45, 7) is 0. The standard InChI is InChI=1S/C24H20O2/c1-26-24(25)18-13-21-11-16-23(17-12-21)22-14-9-20(10-15-22)8-7-19-5-3-2-4-6-19/h2-18H,1H3. The first-order valence-electron chi connectivity index (χ1n) is 8.44. The topological polar surface area (TPSA) is 26.3 Å². The average Bonchev–Trinajstić information content (AvgIpc) is 2.72. The predicted molar refractivity (Wildman–Crippen MR) is 108 cm³/mol. The Labute approximate surface area is 154 Å². The highest BCUT2D eigenvalue weighted by Crippen LogP contribution is 2.21. The molecule has 128 valence electrons. The minimum Gasteiger partial charge on any atom is -0.466 e. The van der Waals surface area contributed by atoms with Crippen LogP contribution in [0.3, 0.4) is 0 Å². The van der Waals surface area contributed by atoms with Gasteiger partial charge in [-0.3, -0.25) is 0 Å². The first-order chi connectivity index (χ1) is 12.7. The van der Waals surface area contributed by atoms with E-state index in [4.69, 9.17) is 0 Å². The molecule has 0 heterocycles. The van der Waals surface area contributed by atoms with Gasteiger partial charge in [0.15, 0.2) is 0 Å². The van der Waals surface area contributed by atoms with E-state index in [0.717, 1.165) is 22.3 Å². The number of carbonyl (C=O) groups is 1. The zero-order valence-corrected chi connectivity index (χ0v) is 14.6. The van der Waals surface area contributed by atoms with Crippen LogP contribution in [0.2, 0.25) is 0 Å². The van der Waals surface area contributed by atoms with Crippen molar-refractivity contribution in [1.82, 2.24) is 0 Å². The fourth-order valence-corrected chi connectivity index (χ4v) is 2.56. The van der Waals surface area contributed by atoms with Gasteiger partial charge in [-0.25, -0.2) is 4.79 Å². The minimum absolute atomic E-state index is 0.353. The third kappa shape index (κ3) is 4.81. The minimum atomic E-state index is -0.353. The lowest BCUT2D eigenvalue weighted by Gasteiger charge is -2.03. The van der Waals surface area contributed by atoms with Gasteiger partial charge in [0.25, 0.3) is 0 Å². The fourth-order valence-electron chi connectivity index (χ4n) is 2.56. The molecule has 0 radical (unpaired) electrons. The number of methoxy groups -OCH3 is 1. The molecule has 0 unspecified atom stereocenters. The first kappa shape index (κ1) is 17.4. The van der Waals surface area contributed by atoms with Crippen LogP contribution < -0.4 is 0 Å². The SMILES string of the molecule is COC(=O)C=Cc1ccc(-c2ccc(C=Cc3ccccc3)cc2)cc1. The lowest BCUT2D eigenvalue weighted by atomic mass is 10.0. The summed E-state index contributed by atoms with van der Waals surface area (Å²) in [6.07, 6.45) is 7.38. The summed E-state index contributed by atoms with van der Waals surface area (Å²) < 4.78 is 4.59. The van der Waals surface area contributed by atoms with Crippen LogP contribution >= 0.6 is 0 Å². The molecular formula is C24H20O2. The highest BCUT2D eigenvalue weighted by atomic mass is 16.5. The molecule has 2 nitrogen and oxygen atoms in total. The zero-order valence-electron chi connectivity index (χ0n) is 14.6. The molecule has 0 fully saturated rings. The molecule has 0 aliphatic carbocycles. The molecule has 0 aliphatic rings. The number of ether oxygens (including phenoxy) is 1. The van der Waals surface area contributed by atoms with Gasteiger partial charge >= 0.3 is 5.97 Å². The Morgan fingerprint density at radius 3 is 1.62 bits per heavy atom. The maximum atomic E-state index is 11.1. The van der Waals surface area contributed by atoms with Crippen molar-refractivity contribution < 1.29 is 9.53 Å². The number of rotatable bonds is 5. The van der Waals surface area contributed by atoms with Crippen LogP contribution in [0.5, 0.6) is 0 Å². The monoisotopic (exact) mass is 340 g/mol. The van der Waals surface area contributed by atoms with E-state index in [1.165, 1.54) is 18.7 Å². The first-order valence-corrected chi connectivity index (χ1v) is 8.44. The number of carbonyl (C=O) groups excluding carboxylic acids is 1. The van der Waals surface area contributed by atoms with E-state index in [9.17, 15) is 4.79 Å². The Morgan fingerprint density at radius 2 is 1.12 bits per heavy atom.